The standard InChI is InChI=1S/C16H2F10N2/c17-9-4(1-2-27)10(18)11(19)5(3-28)6(9)7-12(20)14(22)8(16(24,25)26)15(23)13(7)21/h1H2. The van der Waals surface area contributed by atoms with Gasteiger partial charge in [-0.2, -0.15) is 23.7 Å². The van der Waals surface area contributed by atoms with Gasteiger partial charge >= 0.3 is 6.18 Å². The summed E-state index contributed by atoms with van der Waals surface area (Å²) in [6, 6.07) is 1.99. The number of benzene rings is 2. The first-order valence-corrected chi connectivity index (χ1v) is 6.79. The summed E-state index contributed by atoms with van der Waals surface area (Å²) in [6.45, 7) is 0. The van der Waals surface area contributed by atoms with Crippen molar-refractivity contribution in [1.29, 1.82) is 10.5 Å². The van der Waals surface area contributed by atoms with Gasteiger partial charge in [-0.25, -0.2) is 30.7 Å². The Bertz CT molecular complexity index is 1040. The van der Waals surface area contributed by atoms with Crippen molar-refractivity contribution in [3.63, 3.8) is 0 Å². The lowest BCUT2D eigenvalue weighted by Crippen LogP contribution is -2.17. The van der Waals surface area contributed by atoms with Crippen LogP contribution in [0.1, 0.15) is 16.7 Å². The number of rotatable bonds is 2. The summed E-state index contributed by atoms with van der Waals surface area (Å²) < 4.78 is 136. The topological polar surface area (TPSA) is 47.6 Å². The second-order valence-corrected chi connectivity index (χ2v) is 5.12. The predicted molar refractivity (Wildman–Crippen MR) is 70.6 cm³/mol. The summed E-state index contributed by atoms with van der Waals surface area (Å²) in [4.78, 5) is 0. The molecular formula is C16H2F10N2. The molecule has 0 heterocycles. The Balaban J connectivity index is 3.11. The summed E-state index contributed by atoms with van der Waals surface area (Å²) >= 11 is 0. The average molecular weight is 412 g/mol. The van der Waals surface area contributed by atoms with E-state index in [1.165, 1.54) is 6.07 Å². The van der Waals surface area contributed by atoms with E-state index in [2.05, 4.69) is 0 Å². The summed E-state index contributed by atoms with van der Waals surface area (Å²) in [5, 5.41) is 17.3. The zero-order valence-corrected chi connectivity index (χ0v) is 12.9. The minimum atomic E-state index is -5.90. The first-order chi connectivity index (χ1) is 12.9. The molecule has 2 nitrogen and oxygen atoms in total. The molecule has 0 fully saturated rings. The third-order valence-corrected chi connectivity index (χ3v) is 3.58. The van der Waals surface area contributed by atoms with Gasteiger partial charge in [0.25, 0.3) is 0 Å². The monoisotopic (exact) mass is 412 g/mol. The van der Waals surface area contributed by atoms with Crippen molar-refractivity contribution in [3.05, 3.63) is 57.4 Å². The van der Waals surface area contributed by atoms with Gasteiger partial charge in [-0.15, -0.1) is 0 Å². The molecule has 0 atom stereocenters. The van der Waals surface area contributed by atoms with E-state index in [0.717, 1.165) is 6.07 Å². The Hall–Kier alpha value is -3.28. The number of halogens is 10. The Morgan fingerprint density at radius 1 is 0.643 bits per heavy atom. The molecule has 0 saturated carbocycles. The Morgan fingerprint density at radius 3 is 1.54 bits per heavy atom. The quantitative estimate of drug-likeness (QED) is 0.498. The fraction of sp³-hybridized carbons (Fsp3) is 0.125. The van der Waals surface area contributed by atoms with E-state index in [-0.39, 0.29) is 0 Å². The fourth-order valence-electron chi connectivity index (χ4n) is 2.38. The summed E-state index contributed by atoms with van der Waals surface area (Å²) in [5.41, 5.74) is -10.3. The van der Waals surface area contributed by atoms with Gasteiger partial charge in [0.1, 0.15) is 23.0 Å². The third kappa shape index (κ3) is 3.01. The van der Waals surface area contributed by atoms with E-state index < -0.39 is 81.1 Å². The van der Waals surface area contributed by atoms with Crippen LogP contribution in [0.25, 0.3) is 11.1 Å². The van der Waals surface area contributed by atoms with E-state index in [9.17, 15) is 43.9 Å². The predicted octanol–water partition coefficient (Wildman–Crippen LogP) is 5.28. The lowest BCUT2D eigenvalue weighted by atomic mass is 9.92. The van der Waals surface area contributed by atoms with Gasteiger partial charge in [-0.1, -0.05) is 0 Å². The highest BCUT2D eigenvalue weighted by atomic mass is 19.4. The van der Waals surface area contributed by atoms with Crippen molar-refractivity contribution in [3.8, 4) is 23.3 Å². The highest BCUT2D eigenvalue weighted by molar-refractivity contribution is 5.74. The van der Waals surface area contributed by atoms with Crippen molar-refractivity contribution in [2.24, 2.45) is 0 Å². The molecule has 0 aliphatic heterocycles. The maximum atomic E-state index is 14.5. The molecule has 0 bridgehead atoms. The van der Waals surface area contributed by atoms with Crippen LogP contribution in [0.15, 0.2) is 0 Å². The van der Waals surface area contributed by atoms with E-state index in [1.807, 2.05) is 0 Å². The van der Waals surface area contributed by atoms with Crippen LogP contribution < -0.4 is 0 Å². The first-order valence-electron chi connectivity index (χ1n) is 6.79. The van der Waals surface area contributed by atoms with E-state index in [4.69, 9.17) is 10.5 Å². The summed E-state index contributed by atoms with van der Waals surface area (Å²) in [6.07, 6.45) is -7.13. The second kappa shape index (κ2) is 7.03. The molecule has 0 amide bonds. The smallest absolute Gasteiger partial charge is 0.206 e. The Kier molecular flexibility index (Phi) is 5.28. The molecule has 28 heavy (non-hydrogen) atoms. The number of alkyl halides is 3. The Labute approximate surface area is 148 Å². The molecule has 2 aromatic rings. The van der Waals surface area contributed by atoms with Crippen LogP contribution in [0, 0.1) is 63.4 Å². The van der Waals surface area contributed by atoms with Crippen LogP contribution in [0.2, 0.25) is 0 Å². The molecule has 12 heteroatoms. The van der Waals surface area contributed by atoms with Gasteiger partial charge in [0.05, 0.1) is 18.1 Å². The maximum absolute atomic E-state index is 14.5. The number of nitrogens with zero attached hydrogens (tertiary/aromatic N) is 2. The largest absolute Gasteiger partial charge is 0.422 e. The molecule has 2 aromatic carbocycles. The van der Waals surface area contributed by atoms with Crippen molar-refractivity contribution < 1.29 is 43.9 Å². The Morgan fingerprint density at radius 2 is 1.14 bits per heavy atom. The van der Waals surface area contributed by atoms with Gasteiger partial charge in [-0.3, -0.25) is 0 Å². The van der Waals surface area contributed by atoms with Crippen LogP contribution in [0.3, 0.4) is 0 Å². The molecule has 2 rings (SSSR count). The van der Waals surface area contributed by atoms with Crippen molar-refractivity contribution >= 4 is 0 Å². The van der Waals surface area contributed by atoms with Crippen LogP contribution in [-0.2, 0) is 12.6 Å². The third-order valence-electron chi connectivity index (χ3n) is 3.58. The van der Waals surface area contributed by atoms with Crippen molar-refractivity contribution in [1.82, 2.24) is 0 Å². The number of hydrogen-bond donors (Lipinski definition) is 0. The van der Waals surface area contributed by atoms with Gasteiger partial charge in [0.15, 0.2) is 34.9 Å². The van der Waals surface area contributed by atoms with Gasteiger partial charge in [-0.05, 0) is 0 Å². The van der Waals surface area contributed by atoms with Crippen molar-refractivity contribution in [2.75, 3.05) is 0 Å². The summed E-state index contributed by atoms with van der Waals surface area (Å²) in [7, 11) is 0. The minimum Gasteiger partial charge on any atom is -0.206 e. The van der Waals surface area contributed by atoms with Crippen molar-refractivity contribution in [2.45, 2.75) is 12.6 Å². The molecule has 0 radical (unpaired) electrons. The van der Waals surface area contributed by atoms with Crippen LogP contribution in [-0.4, -0.2) is 0 Å². The molecule has 0 aliphatic rings. The van der Waals surface area contributed by atoms with Crippen LogP contribution in [0.5, 0.6) is 0 Å². The maximum Gasteiger partial charge on any atom is 0.422 e. The molecule has 0 spiro atoms. The second-order valence-electron chi connectivity index (χ2n) is 5.12. The molecule has 0 N–H and O–H groups in total. The highest BCUT2D eigenvalue weighted by Crippen LogP contribution is 2.42. The molecule has 0 unspecified atom stereocenters. The first kappa shape index (κ1) is 21.0. The van der Waals surface area contributed by atoms with Crippen LogP contribution in [0.4, 0.5) is 43.9 Å². The summed E-state index contributed by atoms with van der Waals surface area (Å²) in [5.74, 6) is -18.0. The molecule has 0 aromatic heterocycles. The number of nitriles is 2. The molecule has 146 valence electrons. The van der Waals surface area contributed by atoms with E-state index in [0.29, 0.717) is 0 Å². The zero-order chi connectivity index (χ0) is 21.5. The zero-order valence-electron chi connectivity index (χ0n) is 12.9. The molecular weight excluding hydrogens is 410 g/mol. The normalized spacial score (nSPS) is 11.3. The lowest BCUT2D eigenvalue weighted by molar-refractivity contribution is -0.143. The van der Waals surface area contributed by atoms with Crippen LogP contribution >= 0.6 is 0 Å². The minimum absolute atomic E-state index is 0.813. The molecule has 0 saturated heterocycles. The number of hydrogen-bond acceptors (Lipinski definition) is 2. The van der Waals surface area contributed by atoms with Gasteiger partial charge in [0.2, 0.25) is 0 Å². The highest BCUT2D eigenvalue weighted by Gasteiger charge is 2.43. The fourth-order valence-corrected chi connectivity index (χ4v) is 2.38. The SMILES string of the molecule is N#CCc1c(F)c(F)c(C#N)c(-c2c(F)c(F)c(C(F)(F)F)c(F)c2F)c1F. The van der Waals surface area contributed by atoms with Gasteiger partial charge in [0, 0.05) is 11.1 Å². The van der Waals surface area contributed by atoms with E-state index >= 15 is 0 Å². The van der Waals surface area contributed by atoms with E-state index in [1.54, 1.807) is 0 Å². The molecule has 0 aliphatic carbocycles. The lowest BCUT2D eigenvalue weighted by Gasteiger charge is -2.17. The van der Waals surface area contributed by atoms with Gasteiger partial charge < -0.3 is 0 Å². The average Bonchev–Trinajstić information content (AvgIpc) is 2.60.